The van der Waals surface area contributed by atoms with Crippen molar-refractivity contribution in [2.45, 2.75) is 6.17 Å². The topological polar surface area (TPSA) is 67.2 Å². The molecular weight excluding hydrogens is 154 g/mol. The molecule has 1 aliphatic rings. The van der Waals surface area contributed by atoms with Crippen molar-refractivity contribution in [3.63, 3.8) is 0 Å². The quantitative estimate of drug-likeness (QED) is 0.400. The molecule has 0 saturated heterocycles. The Balaban J connectivity index is 2.50. The Morgan fingerprint density at radius 2 is 2.17 bits per heavy atom. The van der Waals surface area contributed by atoms with E-state index >= 15 is 0 Å². The summed E-state index contributed by atoms with van der Waals surface area (Å²) < 4.78 is 0. The average Bonchev–Trinajstić information content (AvgIpc) is 2.44. The summed E-state index contributed by atoms with van der Waals surface area (Å²) in [6, 6.07) is 7.36. The Morgan fingerprint density at radius 3 is 2.92 bits per heavy atom. The SMILES string of the molecule is NNC1NC(=O)c2ccccc21. The highest BCUT2D eigenvalue weighted by molar-refractivity contribution is 5.98. The van der Waals surface area contributed by atoms with Gasteiger partial charge in [-0.2, -0.15) is 0 Å². The maximum absolute atomic E-state index is 11.2. The van der Waals surface area contributed by atoms with Gasteiger partial charge in [-0.15, -0.1) is 0 Å². The van der Waals surface area contributed by atoms with Gasteiger partial charge in [0.25, 0.3) is 5.91 Å². The lowest BCUT2D eigenvalue weighted by molar-refractivity contribution is 0.0951. The first-order valence-electron chi connectivity index (χ1n) is 3.69. The molecule has 0 radical (unpaired) electrons. The highest BCUT2D eigenvalue weighted by atomic mass is 16.2. The van der Waals surface area contributed by atoms with E-state index in [0.717, 1.165) is 5.56 Å². The number of nitrogens with two attached hydrogens (primary N) is 1. The molecule has 1 unspecified atom stereocenters. The number of hydrogen-bond acceptors (Lipinski definition) is 3. The summed E-state index contributed by atoms with van der Waals surface area (Å²) >= 11 is 0. The van der Waals surface area contributed by atoms with Crippen molar-refractivity contribution in [2.75, 3.05) is 0 Å². The lowest BCUT2D eigenvalue weighted by Gasteiger charge is -2.08. The summed E-state index contributed by atoms with van der Waals surface area (Å²) in [6.07, 6.45) is -0.242. The molecule has 4 nitrogen and oxygen atoms in total. The number of fused-ring (bicyclic) bond motifs is 1. The summed E-state index contributed by atoms with van der Waals surface area (Å²) in [5.74, 6) is 5.17. The van der Waals surface area contributed by atoms with Gasteiger partial charge < -0.3 is 5.32 Å². The smallest absolute Gasteiger partial charge is 0.253 e. The van der Waals surface area contributed by atoms with Gasteiger partial charge in [0.2, 0.25) is 0 Å². The predicted octanol–water partition coefficient (Wildman–Crippen LogP) is -0.108. The molecule has 4 N–H and O–H groups in total. The lowest BCUT2D eigenvalue weighted by atomic mass is 10.1. The van der Waals surface area contributed by atoms with E-state index in [-0.39, 0.29) is 12.1 Å². The van der Waals surface area contributed by atoms with Gasteiger partial charge in [0.05, 0.1) is 0 Å². The minimum atomic E-state index is -0.242. The van der Waals surface area contributed by atoms with Crippen LogP contribution >= 0.6 is 0 Å². The number of hydrogen-bond donors (Lipinski definition) is 3. The van der Waals surface area contributed by atoms with Crippen molar-refractivity contribution < 1.29 is 4.79 Å². The first-order chi connectivity index (χ1) is 5.83. The van der Waals surface area contributed by atoms with E-state index in [2.05, 4.69) is 10.7 Å². The highest BCUT2D eigenvalue weighted by Crippen LogP contribution is 2.21. The van der Waals surface area contributed by atoms with Gasteiger partial charge in [0, 0.05) is 11.1 Å². The molecule has 1 aromatic carbocycles. The summed E-state index contributed by atoms with van der Waals surface area (Å²) in [6.45, 7) is 0. The zero-order valence-corrected chi connectivity index (χ0v) is 6.37. The fraction of sp³-hybridized carbons (Fsp3) is 0.125. The van der Waals surface area contributed by atoms with Gasteiger partial charge in [0.15, 0.2) is 0 Å². The molecule has 0 fully saturated rings. The van der Waals surface area contributed by atoms with Gasteiger partial charge in [-0.05, 0) is 6.07 Å². The van der Waals surface area contributed by atoms with Crippen LogP contribution in [0.25, 0.3) is 0 Å². The lowest BCUT2D eigenvalue weighted by Crippen LogP contribution is -2.36. The van der Waals surface area contributed by atoms with E-state index in [0.29, 0.717) is 5.56 Å². The van der Waals surface area contributed by atoms with Crippen molar-refractivity contribution in [3.8, 4) is 0 Å². The van der Waals surface area contributed by atoms with Crippen LogP contribution in [0.15, 0.2) is 24.3 Å². The molecule has 0 saturated carbocycles. The maximum atomic E-state index is 11.2. The third-order valence-electron chi connectivity index (χ3n) is 1.96. The first kappa shape index (κ1) is 7.27. The highest BCUT2D eigenvalue weighted by Gasteiger charge is 2.26. The van der Waals surface area contributed by atoms with Crippen molar-refractivity contribution in [1.29, 1.82) is 0 Å². The average molecular weight is 163 g/mol. The van der Waals surface area contributed by atoms with Crippen LogP contribution in [0.4, 0.5) is 0 Å². The molecule has 1 heterocycles. The van der Waals surface area contributed by atoms with E-state index in [4.69, 9.17) is 5.84 Å². The largest absolute Gasteiger partial charge is 0.331 e. The Morgan fingerprint density at radius 1 is 1.42 bits per heavy atom. The standard InChI is InChI=1S/C8H9N3O/c9-11-7-5-3-1-2-4-6(5)8(12)10-7/h1-4,7,11H,9H2,(H,10,12). The first-order valence-corrected chi connectivity index (χ1v) is 3.69. The van der Waals surface area contributed by atoms with Crippen molar-refractivity contribution in [1.82, 2.24) is 10.7 Å². The number of rotatable bonds is 1. The Bertz CT molecular complexity index is 324. The molecule has 2 rings (SSSR count). The van der Waals surface area contributed by atoms with Gasteiger partial charge in [-0.1, -0.05) is 18.2 Å². The van der Waals surface area contributed by atoms with Crippen molar-refractivity contribution >= 4 is 5.91 Å². The van der Waals surface area contributed by atoms with E-state index < -0.39 is 0 Å². The van der Waals surface area contributed by atoms with Crippen LogP contribution in [-0.4, -0.2) is 5.91 Å². The number of hydrazine groups is 1. The van der Waals surface area contributed by atoms with Crippen LogP contribution in [0.2, 0.25) is 0 Å². The molecule has 62 valence electrons. The fourth-order valence-corrected chi connectivity index (χ4v) is 1.37. The number of carbonyl (C=O) groups is 1. The van der Waals surface area contributed by atoms with Gasteiger partial charge in [-0.3, -0.25) is 10.6 Å². The molecule has 1 aromatic rings. The van der Waals surface area contributed by atoms with Crippen molar-refractivity contribution in [3.05, 3.63) is 35.4 Å². The van der Waals surface area contributed by atoms with E-state index in [1.54, 1.807) is 6.07 Å². The normalized spacial score (nSPS) is 20.4. The Labute approximate surface area is 69.7 Å². The van der Waals surface area contributed by atoms with Crippen molar-refractivity contribution in [2.24, 2.45) is 5.84 Å². The maximum Gasteiger partial charge on any atom is 0.253 e. The van der Waals surface area contributed by atoms with Crippen LogP contribution in [0.1, 0.15) is 22.1 Å². The number of amides is 1. The molecule has 4 heteroatoms. The molecule has 0 bridgehead atoms. The number of nitrogens with one attached hydrogen (secondary N) is 2. The van der Waals surface area contributed by atoms with Crippen LogP contribution in [0.5, 0.6) is 0 Å². The summed E-state index contributed by atoms with van der Waals surface area (Å²) in [4.78, 5) is 11.2. The Hall–Kier alpha value is -1.39. The molecule has 1 amide bonds. The third-order valence-corrected chi connectivity index (χ3v) is 1.96. The minimum Gasteiger partial charge on any atom is -0.331 e. The van der Waals surface area contributed by atoms with Gasteiger partial charge in [-0.25, -0.2) is 5.43 Å². The summed E-state index contributed by atoms with van der Waals surface area (Å²) in [5.41, 5.74) is 4.12. The molecule has 1 atom stereocenters. The van der Waals surface area contributed by atoms with Crippen LogP contribution in [-0.2, 0) is 0 Å². The Kier molecular flexibility index (Phi) is 1.56. The van der Waals surface area contributed by atoms with E-state index in [1.165, 1.54) is 0 Å². The number of benzene rings is 1. The van der Waals surface area contributed by atoms with Crippen LogP contribution in [0.3, 0.4) is 0 Å². The van der Waals surface area contributed by atoms with Crippen LogP contribution < -0.4 is 16.6 Å². The summed E-state index contributed by atoms with van der Waals surface area (Å²) in [5, 5.41) is 2.69. The molecule has 1 aliphatic heterocycles. The zero-order valence-electron chi connectivity index (χ0n) is 6.37. The fourth-order valence-electron chi connectivity index (χ4n) is 1.37. The molecule has 12 heavy (non-hydrogen) atoms. The predicted molar refractivity (Wildman–Crippen MR) is 44.0 cm³/mol. The third kappa shape index (κ3) is 0.895. The molecule has 0 aromatic heterocycles. The second-order valence-electron chi connectivity index (χ2n) is 2.66. The molecule has 0 spiro atoms. The zero-order chi connectivity index (χ0) is 8.55. The second-order valence-corrected chi connectivity index (χ2v) is 2.66. The van der Waals surface area contributed by atoms with Gasteiger partial charge in [0.1, 0.15) is 6.17 Å². The number of carbonyl (C=O) groups excluding carboxylic acids is 1. The summed E-state index contributed by atoms with van der Waals surface area (Å²) in [7, 11) is 0. The minimum absolute atomic E-state index is 0.0754. The molecular formula is C8H9N3O. The monoisotopic (exact) mass is 163 g/mol. The van der Waals surface area contributed by atoms with E-state index in [9.17, 15) is 4.79 Å². The van der Waals surface area contributed by atoms with E-state index in [1.807, 2.05) is 18.2 Å². The molecule has 0 aliphatic carbocycles. The second kappa shape index (κ2) is 2.58. The van der Waals surface area contributed by atoms with Gasteiger partial charge >= 0.3 is 0 Å². The van der Waals surface area contributed by atoms with Crippen LogP contribution in [0, 0.1) is 0 Å².